The van der Waals surface area contributed by atoms with Crippen molar-refractivity contribution >= 4 is 17.6 Å². The zero-order valence-corrected chi connectivity index (χ0v) is 15.8. The Morgan fingerprint density at radius 3 is 2.68 bits per heavy atom. The average Bonchev–Trinajstić information content (AvgIpc) is 3.04. The van der Waals surface area contributed by atoms with Gasteiger partial charge in [0.05, 0.1) is 0 Å². The van der Waals surface area contributed by atoms with Gasteiger partial charge < -0.3 is 15.2 Å². The maximum Gasteiger partial charge on any atom is 0.228 e. The van der Waals surface area contributed by atoms with Gasteiger partial charge >= 0.3 is 0 Å². The second-order valence-electron chi connectivity index (χ2n) is 6.14. The van der Waals surface area contributed by atoms with Gasteiger partial charge in [0.1, 0.15) is 0 Å². The molecule has 0 unspecified atom stereocenters. The molecular weight excluding hydrogens is 338 g/mol. The number of aromatic nitrogens is 2. The first-order valence-electron chi connectivity index (χ1n) is 8.69. The average molecular weight is 364 g/mol. The van der Waals surface area contributed by atoms with Crippen LogP contribution in [0.4, 0.5) is 0 Å². The molecule has 0 aliphatic carbocycles. The number of hydrogen-bond acceptors (Lipinski definition) is 4. The fourth-order valence-corrected chi connectivity index (χ4v) is 2.26. The minimum Gasteiger partial charge on any atom is -0.357 e. The highest BCUT2D eigenvalue weighted by Crippen LogP contribution is 2.18. The Bertz CT molecular complexity index is 666. The van der Waals surface area contributed by atoms with Gasteiger partial charge in [-0.1, -0.05) is 30.6 Å². The van der Waals surface area contributed by atoms with Gasteiger partial charge in [-0.05, 0) is 43.5 Å². The smallest absolute Gasteiger partial charge is 0.228 e. The van der Waals surface area contributed by atoms with E-state index in [1.54, 1.807) is 0 Å². The van der Waals surface area contributed by atoms with Crippen LogP contribution in [0.5, 0.6) is 0 Å². The molecule has 0 saturated carbocycles. The summed E-state index contributed by atoms with van der Waals surface area (Å²) >= 11 is 5.89. The van der Waals surface area contributed by atoms with Crippen molar-refractivity contribution in [3.63, 3.8) is 0 Å². The van der Waals surface area contributed by atoms with Crippen molar-refractivity contribution in [1.82, 2.24) is 20.8 Å². The van der Waals surface area contributed by atoms with Gasteiger partial charge in [-0.15, -0.1) is 0 Å². The van der Waals surface area contributed by atoms with Gasteiger partial charge in [-0.25, -0.2) is 0 Å². The van der Waals surface area contributed by atoms with Gasteiger partial charge in [-0.3, -0.25) is 4.99 Å². The molecule has 7 heteroatoms. The van der Waals surface area contributed by atoms with Crippen LogP contribution in [0.15, 0.2) is 33.8 Å². The Morgan fingerprint density at radius 2 is 2.00 bits per heavy atom. The number of nitrogens with zero attached hydrogens (tertiary/aromatic N) is 3. The largest absolute Gasteiger partial charge is 0.357 e. The zero-order chi connectivity index (χ0) is 18.1. The highest BCUT2D eigenvalue weighted by Gasteiger charge is 2.08. The molecule has 1 heterocycles. The van der Waals surface area contributed by atoms with Crippen LogP contribution in [-0.4, -0.2) is 35.7 Å². The Hall–Kier alpha value is -2.08. The molecule has 0 spiro atoms. The molecule has 1 aromatic carbocycles. The summed E-state index contributed by atoms with van der Waals surface area (Å²) in [4.78, 5) is 8.98. The van der Waals surface area contributed by atoms with Crippen LogP contribution in [0.25, 0.3) is 11.4 Å². The molecule has 0 saturated heterocycles. The van der Waals surface area contributed by atoms with Crippen molar-refractivity contribution in [2.45, 2.75) is 33.6 Å². The lowest BCUT2D eigenvalue weighted by Crippen LogP contribution is -2.38. The standard InChI is InChI=1S/C18H26ClN5O/c1-4-20-18(21-11-9-13(2)3)22-12-10-16-23-17(24-25-16)14-5-7-15(19)8-6-14/h5-8,13H,4,9-12H2,1-3H3,(H2,20,21,22). The molecule has 2 rings (SSSR count). The summed E-state index contributed by atoms with van der Waals surface area (Å²) in [6, 6.07) is 7.37. The summed E-state index contributed by atoms with van der Waals surface area (Å²) in [6.07, 6.45) is 1.71. The minimum absolute atomic E-state index is 0.573. The van der Waals surface area contributed by atoms with E-state index in [0.717, 1.165) is 31.0 Å². The Kier molecular flexibility index (Phi) is 7.73. The Labute approximate surface area is 154 Å². The van der Waals surface area contributed by atoms with Gasteiger partial charge in [-0.2, -0.15) is 4.98 Å². The Morgan fingerprint density at radius 1 is 1.24 bits per heavy atom. The van der Waals surface area contributed by atoms with E-state index >= 15 is 0 Å². The third-order valence-electron chi connectivity index (χ3n) is 3.52. The van der Waals surface area contributed by atoms with Crippen LogP contribution in [0.3, 0.4) is 0 Å². The fourth-order valence-electron chi connectivity index (χ4n) is 2.14. The fraction of sp³-hybridized carbons (Fsp3) is 0.500. The number of hydrogen-bond donors (Lipinski definition) is 2. The molecule has 0 atom stereocenters. The van der Waals surface area contributed by atoms with Crippen LogP contribution < -0.4 is 10.6 Å². The lowest BCUT2D eigenvalue weighted by Gasteiger charge is -2.10. The molecule has 25 heavy (non-hydrogen) atoms. The molecule has 6 nitrogen and oxygen atoms in total. The normalized spacial score (nSPS) is 11.8. The lowest BCUT2D eigenvalue weighted by molar-refractivity contribution is 0.378. The summed E-state index contributed by atoms with van der Waals surface area (Å²) in [5.41, 5.74) is 0.885. The molecule has 0 amide bonds. The van der Waals surface area contributed by atoms with Crippen molar-refractivity contribution in [2.75, 3.05) is 19.6 Å². The predicted octanol–water partition coefficient (Wildman–Crippen LogP) is 3.53. The Balaban J connectivity index is 1.85. The van der Waals surface area contributed by atoms with Crippen LogP contribution >= 0.6 is 11.6 Å². The molecular formula is C18H26ClN5O. The van der Waals surface area contributed by atoms with Gasteiger partial charge in [0.25, 0.3) is 0 Å². The molecule has 0 fully saturated rings. The maximum atomic E-state index is 5.89. The molecule has 1 aromatic heterocycles. The minimum atomic E-state index is 0.573. The highest BCUT2D eigenvalue weighted by atomic mass is 35.5. The van der Waals surface area contributed by atoms with Crippen LogP contribution in [0, 0.1) is 5.92 Å². The second-order valence-corrected chi connectivity index (χ2v) is 6.58. The summed E-state index contributed by atoms with van der Waals surface area (Å²) in [5.74, 6) is 2.64. The van der Waals surface area contributed by atoms with Crippen molar-refractivity contribution < 1.29 is 4.52 Å². The maximum absolute atomic E-state index is 5.89. The monoisotopic (exact) mass is 363 g/mol. The molecule has 2 aromatic rings. The van der Waals surface area contributed by atoms with E-state index in [9.17, 15) is 0 Å². The lowest BCUT2D eigenvalue weighted by atomic mass is 10.1. The van der Waals surface area contributed by atoms with Crippen LogP contribution in [0.1, 0.15) is 33.1 Å². The summed E-state index contributed by atoms with van der Waals surface area (Å²) < 4.78 is 5.31. The van der Waals surface area contributed by atoms with Gasteiger partial charge in [0.2, 0.25) is 11.7 Å². The van der Waals surface area contributed by atoms with E-state index in [2.05, 4.69) is 46.5 Å². The number of benzene rings is 1. The van der Waals surface area contributed by atoms with E-state index in [1.807, 2.05) is 24.3 Å². The third-order valence-corrected chi connectivity index (χ3v) is 3.77. The first-order chi connectivity index (χ1) is 12.1. The van der Waals surface area contributed by atoms with E-state index in [4.69, 9.17) is 16.1 Å². The predicted molar refractivity (Wildman–Crippen MR) is 102 cm³/mol. The number of rotatable bonds is 8. The van der Waals surface area contributed by atoms with Gasteiger partial charge in [0, 0.05) is 36.6 Å². The van der Waals surface area contributed by atoms with E-state index in [0.29, 0.717) is 35.6 Å². The SMILES string of the molecule is CCNC(=NCCC(C)C)NCCc1nc(-c2ccc(Cl)cc2)no1. The molecule has 136 valence electrons. The third kappa shape index (κ3) is 6.74. The number of nitrogens with one attached hydrogen (secondary N) is 2. The van der Waals surface area contributed by atoms with Crippen molar-refractivity contribution in [3.05, 3.63) is 35.2 Å². The molecule has 0 radical (unpaired) electrons. The molecule has 0 bridgehead atoms. The summed E-state index contributed by atoms with van der Waals surface area (Å²) in [6.45, 7) is 8.77. The first kappa shape index (κ1) is 19.2. The summed E-state index contributed by atoms with van der Waals surface area (Å²) in [5, 5.41) is 11.2. The van der Waals surface area contributed by atoms with E-state index < -0.39 is 0 Å². The quantitative estimate of drug-likeness (QED) is 0.554. The molecule has 0 aliphatic rings. The number of guanidine groups is 1. The highest BCUT2D eigenvalue weighted by molar-refractivity contribution is 6.30. The van der Waals surface area contributed by atoms with Crippen molar-refractivity contribution in [2.24, 2.45) is 10.9 Å². The molecule has 2 N–H and O–H groups in total. The van der Waals surface area contributed by atoms with Crippen molar-refractivity contribution in [3.8, 4) is 11.4 Å². The zero-order valence-electron chi connectivity index (χ0n) is 15.1. The summed E-state index contributed by atoms with van der Waals surface area (Å²) in [7, 11) is 0. The van der Waals surface area contributed by atoms with E-state index in [-0.39, 0.29) is 0 Å². The van der Waals surface area contributed by atoms with Crippen LogP contribution in [0.2, 0.25) is 5.02 Å². The number of halogens is 1. The molecule has 0 aliphatic heterocycles. The number of aliphatic imine (C=N–C) groups is 1. The first-order valence-corrected chi connectivity index (χ1v) is 9.07. The van der Waals surface area contributed by atoms with Crippen molar-refractivity contribution in [1.29, 1.82) is 0 Å². The second kappa shape index (κ2) is 10.0. The van der Waals surface area contributed by atoms with Gasteiger partial charge in [0.15, 0.2) is 5.96 Å². The van der Waals surface area contributed by atoms with E-state index in [1.165, 1.54) is 0 Å². The van der Waals surface area contributed by atoms with Crippen LogP contribution in [-0.2, 0) is 6.42 Å². The topological polar surface area (TPSA) is 75.3 Å².